The van der Waals surface area contributed by atoms with E-state index in [1.165, 1.54) is 0 Å². The van der Waals surface area contributed by atoms with Crippen molar-refractivity contribution in [1.29, 1.82) is 5.26 Å². The van der Waals surface area contributed by atoms with Gasteiger partial charge in [0.25, 0.3) is 0 Å². The van der Waals surface area contributed by atoms with Crippen molar-refractivity contribution in [3.63, 3.8) is 0 Å². The molecule has 0 amide bonds. The van der Waals surface area contributed by atoms with Crippen LogP contribution in [0.3, 0.4) is 0 Å². The van der Waals surface area contributed by atoms with Gasteiger partial charge >= 0.3 is 0 Å². The third kappa shape index (κ3) is 2.98. The number of benzene rings is 2. The maximum atomic E-state index is 8.81. The summed E-state index contributed by atoms with van der Waals surface area (Å²) in [5, 5.41) is 8.81. The summed E-state index contributed by atoms with van der Waals surface area (Å²) >= 11 is 0. The minimum Gasteiger partial charge on any atom is -0.345 e. The van der Waals surface area contributed by atoms with Crippen LogP contribution in [-0.4, -0.2) is 7.05 Å². The van der Waals surface area contributed by atoms with E-state index in [1.54, 1.807) is 0 Å². The van der Waals surface area contributed by atoms with Crippen LogP contribution in [-0.2, 0) is 0 Å². The maximum Gasteiger partial charge on any atom is 0.0991 e. The van der Waals surface area contributed by atoms with Crippen molar-refractivity contribution in [3.8, 4) is 6.07 Å². The lowest BCUT2D eigenvalue weighted by molar-refractivity contribution is 0.699. The Morgan fingerprint density at radius 3 is 2.00 bits per heavy atom. The molecule has 2 N–H and O–H groups in total. The van der Waals surface area contributed by atoms with Crippen molar-refractivity contribution in [3.05, 3.63) is 59.7 Å². The van der Waals surface area contributed by atoms with Crippen LogP contribution < -0.4 is 10.6 Å². The summed E-state index contributed by atoms with van der Waals surface area (Å²) in [6.45, 7) is 2.08. The summed E-state index contributed by atoms with van der Waals surface area (Å²) in [4.78, 5) is 2.09. The molecule has 0 spiro atoms. The van der Waals surface area contributed by atoms with E-state index in [0.717, 1.165) is 23.4 Å². The minimum absolute atomic E-state index is 0.101. The highest BCUT2D eigenvalue weighted by Gasteiger charge is 2.06. The average Bonchev–Trinajstić information content (AvgIpc) is 2.53. The molecule has 0 saturated carbocycles. The molecule has 2 aromatic carbocycles. The highest BCUT2D eigenvalue weighted by atomic mass is 15.1. The second-order valence-electron chi connectivity index (χ2n) is 4.82. The van der Waals surface area contributed by atoms with Gasteiger partial charge in [-0.05, 0) is 48.4 Å². The third-order valence-corrected chi connectivity index (χ3v) is 3.53. The van der Waals surface area contributed by atoms with Gasteiger partial charge in [0.2, 0.25) is 0 Å². The molecule has 0 heterocycles. The molecule has 102 valence electrons. The van der Waals surface area contributed by atoms with Crippen LogP contribution in [0.4, 0.5) is 11.4 Å². The molecule has 1 unspecified atom stereocenters. The molecule has 0 aliphatic carbocycles. The molecule has 0 aliphatic heterocycles. The Morgan fingerprint density at radius 1 is 1.05 bits per heavy atom. The van der Waals surface area contributed by atoms with Crippen LogP contribution in [0.1, 0.15) is 30.5 Å². The molecule has 0 radical (unpaired) electrons. The quantitative estimate of drug-likeness (QED) is 0.916. The third-order valence-electron chi connectivity index (χ3n) is 3.53. The Balaban J connectivity index is 2.20. The summed E-state index contributed by atoms with van der Waals surface area (Å²) in [6.07, 6.45) is 0.935. The van der Waals surface area contributed by atoms with Crippen LogP contribution in [0.5, 0.6) is 0 Å². The van der Waals surface area contributed by atoms with Gasteiger partial charge in [-0.3, -0.25) is 0 Å². The Hall–Kier alpha value is -2.31. The molecular formula is C17H19N3. The molecule has 0 aromatic heterocycles. The van der Waals surface area contributed by atoms with Crippen LogP contribution in [0.25, 0.3) is 0 Å². The number of nitrogens with two attached hydrogens (primary N) is 1. The van der Waals surface area contributed by atoms with Gasteiger partial charge in [-0.15, -0.1) is 0 Å². The van der Waals surface area contributed by atoms with Gasteiger partial charge in [-0.1, -0.05) is 19.1 Å². The number of hydrogen-bond acceptors (Lipinski definition) is 3. The molecule has 0 fully saturated rings. The molecule has 1 atom stereocenters. The smallest absolute Gasteiger partial charge is 0.0991 e. The lowest BCUT2D eigenvalue weighted by Crippen LogP contribution is -2.11. The highest BCUT2D eigenvalue weighted by molar-refractivity contribution is 5.63. The van der Waals surface area contributed by atoms with E-state index in [9.17, 15) is 0 Å². The molecule has 2 rings (SSSR count). The fourth-order valence-electron chi connectivity index (χ4n) is 2.09. The van der Waals surface area contributed by atoms with E-state index in [4.69, 9.17) is 11.0 Å². The predicted molar refractivity (Wildman–Crippen MR) is 82.9 cm³/mol. The van der Waals surface area contributed by atoms with Crippen LogP contribution >= 0.6 is 0 Å². The Morgan fingerprint density at radius 2 is 1.55 bits per heavy atom. The number of nitrogens with zero attached hydrogens (tertiary/aromatic N) is 2. The first-order valence-electron chi connectivity index (χ1n) is 6.75. The zero-order valence-electron chi connectivity index (χ0n) is 11.9. The van der Waals surface area contributed by atoms with Gasteiger partial charge in [0, 0.05) is 24.5 Å². The first kappa shape index (κ1) is 14.1. The van der Waals surface area contributed by atoms with Crippen molar-refractivity contribution in [1.82, 2.24) is 0 Å². The standard InChI is InChI=1S/C17H19N3/c1-3-17(19)14-6-10-16(11-7-14)20(2)15-8-4-13(12-18)5-9-15/h4-11,17H,3,19H2,1-2H3. The van der Waals surface area contributed by atoms with E-state index >= 15 is 0 Å². The molecule has 0 bridgehead atoms. The van der Waals surface area contributed by atoms with Gasteiger partial charge in [0.05, 0.1) is 11.6 Å². The van der Waals surface area contributed by atoms with E-state index in [2.05, 4.69) is 42.2 Å². The lowest BCUT2D eigenvalue weighted by atomic mass is 10.0. The molecule has 3 heteroatoms. The van der Waals surface area contributed by atoms with Gasteiger partial charge in [-0.25, -0.2) is 0 Å². The van der Waals surface area contributed by atoms with E-state index in [1.807, 2.05) is 31.3 Å². The number of rotatable bonds is 4. The Labute approximate surface area is 120 Å². The predicted octanol–water partition coefficient (Wildman–Crippen LogP) is 3.74. The molecule has 0 saturated heterocycles. The van der Waals surface area contributed by atoms with Crippen molar-refractivity contribution in [2.45, 2.75) is 19.4 Å². The lowest BCUT2D eigenvalue weighted by Gasteiger charge is -2.20. The molecule has 3 nitrogen and oxygen atoms in total. The summed E-state index contributed by atoms with van der Waals surface area (Å²) in [5.74, 6) is 0. The summed E-state index contributed by atoms with van der Waals surface area (Å²) in [6, 6.07) is 18.1. The molecule has 2 aromatic rings. The van der Waals surface area contributed by atoms with Gasteiger partial charge in [-0.2, -0.15) is 5.26 Å². The monoisotopic (exact) mass is 265 g/mol. The number of anilines is 2. The second kappa shape index (κ2) is 6.23. The van der Waals surface area contributed by atoms with E-state index in [-0.39, 0.29) is 6.04 Å². The summed E-state index contributed by atoms with van der Waals surface area (Å²) in [7, 11) is 2.01. The molecular weight excluding hydrogens is 246 g/mol. The van der Waals surface area contributed by atoms with Crippen molar-refractivity contribution in [2.24, 2.45) is 5.73 Å². The largest absolute Gasteiger partial charge is 0.345 e. The van der Waals surface area contributed by atoms with Gasteiger partial charge < -0.3 is 10.6 Å². The van der Waals surface area contributed by atoms with Crippen LogP contribution in [0, 0.1) is 11.3 Å². The second-order valence-corrected chi connectivity index (χ2v) is 4.82. The van der Waals surface area contributed by atoms with Crippen molar-refractivity contribution < 1.29 is 0 Å². The number of hydrogen-bond donors (Lipinski definition) is 1. The van der Waals surface area contributed by atoms with Crippen LogP contribution in [0.2, 0.25) is 0 Å². The zero-order chi connectivity index (χ0) is 14.5. The summed E-state index contributed by atoms with van der Waals surface area (Å²) < 4.78 is 0. The first-order valence-corrected chi connectivity index (χ1v) is 6.75. The van der Waals surface area contributed by atoms with Gasteiger partial charge in [0.15, 0.2) is 0 Å². The SMILES string of the molecule is CCC(N)c1ccc(N(C)c2ccc(C#N)cc2)cc1. The fourth-order valence-corrected chi connectivity index (χ4v) is 2.09. The fraction of sp³-hybridized carbons (Fsp3) is 0.235. The van der Waals surface area contributed by atoms with E-state index in [0.29, 0.717) is 5.56 Å². The molecule has 20 heavy (non-hydrogen) atoms. The average molecular weight is 265 g/mol. The van der Waals surface area contributed by atoms with Crippen molar-refractivity contribution in [2.75, 3.05) is 11.9 Å². The van der Waals surface area contributed by atoms with Crippen molar-refractivity contribution >= 4 is 11.4 Å². The van der Waals surface area contributed by atoms with Crippen LogP contribution in [0.15, 0.2) is 48.5 Å². The minimum atomic E-state index is 0.101. The Bertz CT molecular complexity index is 594. The first-order chi connectivity index (χ1) is 9.65. The summed E-state index contributed by atoms with van der Waals surface area (Å²) in [5.41, 5.74) is 10.0. The Kier molecular flexibility index (Phi) is 4.39. The zero-order valence-corrected chi connectivity index (χ0v) is 11.9. The van der Waals surface area contributed by atoms with E-state index < -0.39 is 0 Å². The topological polar surface area (TPSA) is 53.0 Å². The number of nitriles is 1. The molecule has 0 aliphatic rings. The maximum absolute atomic E-state index is 8.81. The van der Waals surface area contributed by atoms with Gasteiger partial charge in [0.1, 0.15) is 0 Å². The highest BCUT2D eigenvalue weighted by Crippen LogP contribution is 2.25. The normalized spacial score (nSPS) is 11.7.